The molecule has 0 heterocycles. The first-order valence-corrected chi connectivity index (χ1v) is 17.0. The Balaban J connectivity index is 0.00000204. The zero-order valence-electron chi connectivity index (χ0n) is 21.2. The second-order valence-electron chi connectivity index (χ2n) is 10.1. The maximum Gasteiger partial charge on any atom is -1.00 e. The molecule has 1 fully saturated rings. The molecule has 0 N–H and O–H groups in total. The van der Waals surface area contributed by atoms with E-state index >= 15 is 0 Å². The van der Waals surface area contributed by atoms with Gasteiger partial charge in [-0.1, -0.05) is 0 Å². The van der Waals surface area contributed by atoms with Crippen LogP contribution in [0, 0.1) is 5.92 Å². The second kappa shape index (κ2) is 16.1. The van der Waals surface area contributed by atoms with Crippen molar-refractivity contribution in [3.05, 3.63) is 64.5 Å². The minimum Gasteiger partial charge on any atom is -1.00 e. The third-order valence-corrected chi connectivity index (χ3v) is 14.0. The van der Waals surface area contributed by atoms with Gasteiger partial charge in [0.15, 0.2) is 0 Å². The van der Waals surface area contributed by atoms with Crippen LogP contribution in [0.4, 0.5) is 0 Å². The molecule has 4 rings (SSSR count). The van der Waals surface area contributed by atoms with E-state index in [0.29, 0.717) is 0 Å². The zero-order valence-corrected chi connectivity index (χ0v) is 25.2. The topological polar surface area (TPSA) is 0 Å². The molecular weight excluding hydrogens is 510 g/mol. The number of unbranched alkanes of at least 4 members (excludes halogenated alkanes) is 6. The molecule has 3 aliphatic carbocycles. The first kappa shape index (κ1) is 30.4. The van der Waals surface area contributed by atoms with Crippen LogP contribution in [0.3, 0.4) is 0 Å². The van der Waals surface area contributed by atoms with E-state index in [1.165, 1.54) is 83.0 Å². The van der Waals surface area contributed by atoms with Crippen LogP contribution in [0.5, 0.6) is 0 Å². The SMILES string of the molecule is CCCCCCP(CCCCCC)C1=Cc2ccccc2[CH]1[Ti+2][CH]1CCC2CC=CC=C21.[Cl-].[Cl-]. The van der Waals surface area contributed by atoms with Crippen LogP contribution in [0.1, 0.15) is 99.8 Å². The van der Waals surface area contributed by atoms with Crippen LogP contribution in [0.25, 0.3) is 6.08 Å². The average Bonchev–Trinajstić information content (AvgIpc) is 3.40. The molecule has 3 aliphatic rings. The Labute approximate surface area is 232 Å². The Morgan fingerprint density at radius 1 is 0.882 bits per heavy atom. The Hall–Kier alpha value is 0.164. The van der Waals surface area contributed by atoms with Crippen LogP contribution < -0.4 is 24.8 Å². The van der Waals surface area contributed by atoms with Crippen LogP contribution in [-0.2, 0) is 19.2 Å². The standard InChI is InChI=1S/C21H32P.C9H11.2ClH.Ti/c1-3-5-7-11-15-22(16-12-8-6-4-2)21-17-19-13-9-10-14-20(19)18-21;1-2-5-9-7-3-6-8(9)4-1;;;/h9-10,13-14,17-18H,3-8,11-12,15-16H2,1-2H3;1-2,4,6,9H,3,5,7H2;2*1H;/q;;;;+2/p-2. The number of rotatable bonds is 13. The van der Waals surface area contributed by atoms with Gasteiger partial charge in [0.05, 0.1) is 0 Å². The van der Waals surface area contributed by atoms with Gasteiger partial charge in [-0.15, -0.1) is 0 Å². The molecule has 0 aliphatic heterocycles. The summed E-state index contributed by atoms with van der Waals surface area (Å²) in [5.74, 6) is 0.877. The summed E-state index contributed by atoms with van der Waals surface area (Å²) in [5, 5.41) is 1.92. The van der Waals surface area contributed by atoms with E-state index in [9.17, 15) is 0 Å². The largest absolute Gasteiger partial charge is 1.00 e. The van der Waals surface area contributed by atoms with Crippen LogP contribution >= 0.6 is 7.92 Å². The molecule has 0 spiro atoms. The minimum absolute atomic E-state index is 0. The number of halogens is 2. The fraction of sp³-hybridized carbons (Fsp3) is 0.600. The van der Waals surface area contributed by atoms with Crippen molar-refractivity contribution in [2.45, 2.75) is 92.9 Å². The van der Waals surface area contributed by atoms with Gasteiger partial charge >= 0.3 is 209 Å². The number of allylic oxidation sites excluding steroid dienone is 5. The fourth-order valence-corrected chi connectivity index (χ4v) is 12.9. The molecule has 1 saturated carbocycles. The third-order valence-electron chi connectivity index (χ3n) is 7.73. The monoisotopic (exact) mass is 552 g/mol. The van der Waals surface area contributed by atoms with Gasteiger partial charge in [0, 0.05) is 0 Å². The molecule has 0 radical (unpaired) electrons. The summed E-state index contributed by atoms with van der Waals surface area (Å²) < 4.78 is 1.74. The Morgan fingerprint density at radius 3 is 2.29 bits per heavy atom. The molecular formula is C30H43Cl2PTi. The summed E-state index contributed by atoms with van der Waals surface area (Å²) in [5.41, 5.74) is 5.11. The Bertz CT molecular complexity index is 819. The Morgan fingerprint density at radius 2 is 1.59 bits per heavy atom. The molecule has 0 aromatic heterocycles. The Kier molecular flexibility index (Phi) is 14.4. The summed E-state index contributed by atoms with van der Waals surface area (Å²) in [7, 11) is 0.0388. The molecule has 4 heteroatoms. The van der Waals surface area contributed by atoms with Crippen LogP contribution in [0.2, 0.25) is 4.22 Å². The van der Waals surface area contributed by atoms with Gasteiger partial charge in [-0.2, -0.15) is 0 Å². The average molecular weight is 553 g/mol. The fourth-order valence-electron chi connectivity index (χ4n) is 5.88. The van der Waals surface area contributed by atoms with Gasteiger partial charge in [0.25, 0.3) is 0 Å². The van der Waals surface area contributed by atoms with Crippen molar-refractivity contribution in [1.82, 2.24) is 0 Å². The molecule has 1 aromatic carbocycles. The summed E-state index contributed by atoms with van der Waals surface area (Å²) in [6, 6.07) is 9.46. The molecule has 3 unspecified atom stereocenters. The molecule has 1 aromatic rings. The van der Waals surface area contributed by atoms with E-state index in [2.05, 4.69) is 62.4 Å². The molecule has 0 nitrogen and oxygen atoms in total. The smallest absolute Gasteiger partial charge is 1.00 e. The van der Waals surface area contributed by atoms with Gasteiger partial charge in [0.1, 0.15) is 0 Å². The van der Waals surface area contributed by atoms with Gasteiger partial charge in [-0.25, -0.2) is 0 Å². The van der Waals surface area contributed by atoms with Crippen molar-refractivity contribution < 1.29 is 44.0 Å². The van der Waals surface area contributed by atoms with Gasteiger partial charge in [-0.05, 0) is 0 Å². The maximum atomic E-state index is 2.69. The maximum absolute atomic E-state index is 2.69. The van der Waals surface area contributed by atoms with E-state index < -0.39 is 0 Å². The minimum atomic E-state index is -0.0620. The summed E-state index contributed by atoms with van der Waals surface area (Å²) in [4.78, 5) is 0. The number of benzene rings is 1. The van der Waals surface area contributed by atoms with Crippen molar-refractivity contribution in [3.8, 4) is 0 Å². The first-order valence-electron chi connectivity index (χ1n) is 13.5. The molecule has 186 valence electrons. The normalized spacial score (nSPS) is 22.3. The van der Waals surface area contributed by atoms with Crippen molar-refractivity contribution in [1.29, 1.82) is 0 Å². The third kappa shape index (κ3) is 7.83. The predicted octanol–water partition coefficient (Wildman–Crippen LogP) is 3.90. The van der Waals surface area contributed by atoms with E-state index in [-0.39, 0.29) is 51.9 Å². The van der Waals surface area contributed by atoms with Gasteiger partial charge in [-0.3, -0.25) is 0 Å². The van der Waals surface area contributed by atoms with Gasteiger partial charge < -0.3 is 24.8 Å². The van der Waals surface area contributed by atoms with Crippen molar-refractivity contribution in [3.63, 3.8) is 0 Å². The van der Waals surface area contributed by atoms with Crippen LogP contribution in [0.15, 0.2) is 53.4 Å². The predicted molar refractivity (Wildman–Crippen MR) is 140 cm³/mol. The summed E-state index contributed by atoms with van der Waals surface area (Å²) in [6.07, 6.45) is 28.5. The second-order valence-corrected chi connectivity index (χ2v) is 15.1. The quantitative estimate of drug-likeness (QED) is 0.198. The van der Waals surface area contributed by atoms with Crippen molar-refractivity contribution in [2.75, 3.05) is 12.3 Å². The number of fused-ring (bicyclic) bond motifs is 2. The summed E-state index contributed by atoms with van der Waals surface area (Å²) in [6.45, 7) is 4.68. The molecule has 3 atom stereocenters. The summed E-state index contributed by atoms with van der Waals surface area (Å²) >= 11 is -0.0620. The number of hydrogen-bond donors (Lipinski definition) is 0. The molecule has 34 heavy (non-hydrogen) atoms. The zero-order chi connectivity index (χ0) is 22.2. The van der Waals surface area contributed by atoms with Crippen molar-refractivity contribution >= 4 is 14.0 Å². The van der Waals surface area contributed by atoms with Crippen molar-refractivity contribution in [2.24, 2.45) is 5.92 Å². The number of hydrogen-bond acceptors (Lipinski definition) is 0. The van der Waals surface area contributed by atoms with E-state index in [0.717, 1.165) is 14.4 Å². The van der Waals surface area contributed by atoms with E-state index in [1.807, 2.05) is 10.9 Å². The van der Waals surface area contributed by atoms with E-state index in [1.54, 1.807) is 11.1 Å². The van der Waals surface area contributed by atoms with Crippen LogP contribution in [-0.4, -0.2) is 12.3 Å². The van der Waals surface area contributed by atoms with E-state index in [4.69, 9.17) is 0 Å². The molecule has 0 amide bonds. The molecule has 0 saturated heterocycles. The molecule has 0 bridgehead atoms. The first-order chi connectivity index (χ1) is 15.8. The van der Waals surface area contributed by atoms with Gasteiger partial charge in [0.2, 0.25) is 0 Å².